The van der Waals surface area contributed by atoms with Crippen molar-refractivity contribution in [3.63, 3.8) is 0 Å². The Morgan fingerprint density at radius 3 is 2.45 bits per heavy atom. The fourth-order valence-electron chi connectivity index (χ4n) is 2.98. The van der Waals surface area contributed by atoms with Gasteiger partial charge < -0.3 is 25.6 Å². The minimum absolute atomic E-state index is 0.137. The summed E-state index contributed by atoms with van der Waals surface area (Å²) in [5.74, 6) is -1.52. The number of hydrogen-bond donors (Lipinski definition) is 3. The monoisotopic (exact) mass is 426 g/mol. The summed E-state index contributed by atoms with van der Waals surface area (Å²) in [5.41, 5.74) is 1.42. The molecule has 0 spiro atoms. The maximum absolute atomic E-state index is 12.3. The topological polar surface area (TPSA) is 125 Å². The maximum atomic E-state index is 12.3. The van der Waals surface area contributed by atoms with Crippen LogP contribution in [0.5, 0.6) is 0 Å². The molecule has 0 saturated heterocycles. The quantitative estimate of drug-likeness (QED) is 0.401. The molecule has 0 fully saturated rings. The van der Waals surface area contributed by atoms with Gasteiger partial charge in [0.05, 0.1) is 13.1 Å². The standard InChI is InChI=1S/C22H26N4O5/c1-16-9-10-21(30)26(16)12-5-8-19(28)24-15-20(29)25-18(22(31)23-11-13-27)14-17-6-3-2-4-7-17/h2-4,6-7,9-10,13,18H,1,5,8,11-12,14-15H2,(H,23,31)(H,24,28)(H,25,29). The fraction of sp³-hybridized carbons (Fsp3) is 0.318. The number of rotatable bonds is 12. The van der Waals surface area contributed by atoms with Gasteiger partial charge in [0.1, 0.15) is 12.3 Å². The molecule has 0 radical (unpaired) electrons. The second kappa shape index (κ2) is 12.1. The molecule has 1 aromatic rings. The second-order valence-corrected chi connectivity index (χ2v) is 6.92. The Labute approximate surface area is 180 Å². The molecule has 31 heavy (non-hydrogen) atoms. The third kappa shape index (κ3) is 7.88. The van der Waals surface area contributed by atoms with Gasteiger partial charge in [-0.05, 0) is 18.1 Å². The first-order valence-electron chi connectivity index (χ1n) is 9.90. The summed E-state index contributed by atoms with van der Waals surface area (Å²) >= 11 is 0. The van der Waals surface area contributed by atoms with E-state index in [2.05, 4.69) is 22.5 Å². The third-order valence-electron chi connectivity index (χ3n) is 4.56. The number of hydrogen-bond acceptors (Lipinski definition) is 5. The Balaban J connectivity index is 1.77. The van der Waals surface area contributed by atoms with Gasteiger partial charge in [0.15, 0.2) is 0 Å². The number of amides is 4. The van der Waals surface area contributed by atoms with Gasteiger partial charge in [-0.1, -0.05) is 36.9 Å². The normalized spacial score (nSPS) is 13.6. The summed E-state index contributed by atoms with van der Waals surface area (Å²) in [6.45, 7) is 3.66. The van der Waals surface area contributed by atoms with Gasteiger partial charge in [-0.2, -0.15) is 0 Å². The summed E-state index contributed by atoms with van der Waals surface area (Å²) in [6.07, 6.45) is 4.39. The molecule has 1 heterocycles. The SMILES string of the molecule is C=C1C=CC(=O)N1CCCC(=O)NCC(=O)NC(Cc1ccccc1)C(=O)NCC=O. The van der Waals surface area contributed by atoms with E-state index in [1.54, 1.807) is 6.08 Å². The number of allylic oxidation sites excluding steroid dienone is 1. The lowest BCUT2D eigenvalue weighted by molar-refractivity contribution is -0.130. The highest BCUT2D eigenvalue weighted by Crippen LogP contribution is 2.13. The van der Waals surface area contributed by atoms with E-state index in [4.69, 9.17) is 0 Å². The third-order valence-corrected chi connectivity index (χ3v) is 4.56. The Bertz CT molecular complexity index is 848. The van der Waals surface area contributed by atoms with Crippen molar-refractivity contribution in [2.24, 2.45) is 0 Å². The first kappa shape index (κ1) is 23.5. The first-order chi connectivity index (χ1) is 14.9. The van der Waals surface area contributed by atoms with Crippen molar-refractivity contribution >= 4 is 29.9 Å². The van der Waals surface area contributed by atoms with Crippen molar-refractivity contribution in [1.82, 2.24) is 20.9 Å². The summed E-state index contributed by atoms with van der Waals surface area (Å²) in [6, 6.07) is 8.24. The molecule has 0 aromatic heterocycles. The van der Waals surface area contributed by atoms with Crippen LogP contribution in [-0.2, 0) is 30.4 Å². The van der Waals surface area contributed by atoms with Crippen LogP contribution < -0.4 is 16.0 Å². The number of carbonyl (C=O) groups is 5. The molecule has 2 rings (SSSR count). The highest BCUT2D eigenvalue weighted by Gasteiger charge is 2.21. The molecular formula is C22H26N4O5. The van der Waals surface area contributed by atoms with Crippen molar-refractivity contribution in [2.75, 3.05) is 19.6 Å². The van der Waals surface area contributed by atoms with E-state index in [-0.39, 0.29) is 37.7 Å². The molecular weight excluding hydrogens is 400 g/mol. The summed E-state index contributed by atoms with van der Waals surface area (Å²) in [7, 11) is 0. The van der Waals surface area contributed by atoms with Gasteiger partial charge in [0.25, 0.3) is 5.91 Å². The average molecular weight is 426 g/mol. The maximum Gasteiger partial charge on any atom is 0.251 e. The number of nitrogens with one attached hydrogen (secondary N) is 3. The molecule has 1 atom stereocenters. The summed E-state index contributed by atoms with van der Waals surface area (Å²) < 4.78 is 0. The number of nitrogens with zero attached hydrogens (tertiary/aromatic N) is 1. The molecule has 1 aliphatic rings. The molecule has 0 bridgehead atoms. The van der Waals surface area contributed by atoms with E-state index in [0.29, 0.717) is 24.9 Å². The van der Waals surface area contributed by atoms with Gasteiger partial charge in [-0.15, -0.1) is 0 Å². The molecule has 1 aromatic carbocycles. The molecule has 4 amide bonds. The van der Waals surface area contributed by atoms with E-state index in [1.807, 2.05) is 30.3 Å². The lowest BCUT2D eigenvalue weighted by atomic mass is 10.1. The second-order valence-electron chi connectivity index (χ2n) is 6.92. The van der Waals surface area contributed by atoms with Crippen molar-refractivity contribution in [1.29, 1.82) is 0 Å². The van der Waals surface area contributed by atoms with Gasteiger partial charge in [0.2, 0.25) is 17.7 Å². The van der Waals surface area contributed by atoms with Gasteiger partial charge in [-0.25, -0.2) is 0 Å². The summed E-state index contributed by atoms with van der Waals surface area (Å²) in [5, 5.41) is 7.52. The van der Waals surface area contributed by atoms with Crippen LogP contribution in [0.3, 0.4) is 0 Å². The number of carbonyl (C=O) groups excluding carboxylic acids is 5. The lowest BCUT2D eigenvalue weighted by Crippen LogP contribution is -2.50. The molecule has 0 aliphatic carbocycles. The largest absolute Gasteiger partial charge is 0.348 e. The van der Waals surface area contributed by atoms with Crippen LogP contribution in [0.2, 0.25) is 0 Å². The van der Waals surface area contributed by atoms with E-state index < -0.39 is 17.9 Å². The van der Waals surface area contributed by atoms with E-state index in [9.17, 15) is 24.0 Å². The Morgan fingerprint density at radius 2 is 1.81 bits per heavy atom. The lowest BCUT2D eigenvalue weighted by Gasteiger charge is -2.18. The zero-order valence-corrected chi connectivity index (χ0v) is 17.1. The van der Waals surface area contributed by atoms with Crippen molar-refractivity contribution in [3.05, 3.63) is 60.3 Å². The molecule has 1 aliphatic heterocycles. The van der Waals surface area contributed by atoms with Crippen molar-refractivity contribution in [3.8, 4) is 0 Å². The van der Waals surface area contributed by atoms with Crippen molar-refractivity contribution < 1.29 is 24.0 Å². The fourth-order valence-corrected chi connectivity index (χ4v) is 2.98. The van der Waals surface area contributed by atoms with Crippen LogP contribution in [0, 0.1) is 0 Å². The Hall–Kier alpha value is -3.75. The highest BCUT2D eigenvalue weighted by molar-refractivity contribution is 5.93. The number of benzene rings is 1. The predicted octanol–water partition coefficient (Wildman–Crippen LogP) is -0.162. The minimum Gasteiger partial charge on any atom is -0.348 e. The van der Waals surface area contributed by atoms with Crippen LogP contribution >= 0.6 is 0 Å². The van der Waals surface area contributed by atoms with E-state index in [1.165, 1.54) is 11.0 Å². The zero-order valence-electron chi connectivity index (χ0n) is 17.1. The molecule has 9 heteroatoms. The summed E-state index contributed by atoms with van der Waals surface area (Å²) in [4.78, 5) is 60.1. The molecule has 164 valence electrons. The smallest absolute Gasteiger partial charge is 0.251 e. The average Bonchev–Trinajstić information content (AvgIpc) is 3.08. The first-order valence-corrected chi connectivity index (χ1v) is 9.90. The zero-order chi connectivity index (χ0) is 22.6. The van der Waals surface area contributed by atoms with Gasteiger partial charge in [-0.3, -0.25) is 19.2 Å². The van der Waals surface area contributed by atoms with E-state index in [0.717, 1.165) is 5.56 Å². The van der Waals surface area contributed by atoms with Gasteiger partial charge in [0, 0.05) is 31.2 Å². The highest BCUT2D eigenvalue weighted by atomic mass is 16.2. The molecule has 1 unspecified atom stereocenters. The predicted molar refractivity (Wildman–Crippen MR) is 113 cm³/mol. The van der Waals surface area contributed by atoms with Crippen molar-refractivity contribution in [2.45, 2.75) is 25.3 Å². The minimum atomic E-state index is -0.883. The van der Waals surface area contributed by atoms with E-state index >= 15 is 0 Å². The Kier molecular flexibility index (Phi) is 9.15. The molecule has 3 N–H and O–H groups in total. The number of aldehydes is 1. The van der Waals surface area contributed by atoms with Gasteiger partial charge >= 0.3 is 0 Å². The van der Waals surface area contributed by atoms with Crippen LogP contribution in [0.1, 0.15) is 18.4 Å². The van der Waals surface area contributed by atoms with Crippen LogP contribution in [0.25, 0.3) is 0 Å². The molecule has 0 saturated carbocycles. The van der Waals surface area contributed by atoms with Crippen LogP contribution in [-0.4, -0.2) is 60.5 Å². The molecule has 9 nitrogen and oxygen atoms in total. The Morgan fingerprint density at radius 1 is 1.06 bits per heavy atom. The van der Waals surface area contributed by atoms with Crippen LogP contribution in [0.15, 0.2) is 54.8 Å². The van der Waals surface area contributed by atoms with Crippen LogP contribution in [0.4, 0.5) is 0 Å².